The maximum atomic E-state index is 10.3. The van der Waals surface area contributed by atoms with Crippen LogP contribution in [0.15, 0.2) is 25.3 Å². The molecule has 0 aromatic rings. The molecule has 0 fully saturated rings. The van der Waals surface area contributed by atoms with E-state index in [9.17, 15) is 4.79 Å². The molecule has 0 aliphatic heterocycles. The molecule has 0 unspecified atom stereocenters. The lowest BCUT2D eigenvalue weighted by Crippen LogP contribution is -2.05. The lowest BCUT2D eigenvalue weighted by molar-refractivity contribution is -0.322. The second kappa shape index (κ2) is 6.98. The maximum absolute atomic E-state index is 10.3. The molecule has 0 saturated heterocycles. The topological polar surface area (TPSA) is 44.8 Å². The molecule has 0 amide bonds. The molecule has 0 spiro atoms. The largest absolute Gasteiger partial charge is 0.432 e. The van der Waals surface area contributed by atoms with E-state index in [0.29, 0.717) is 0 Å². The molecule has 0 rings (SSSR count). The van der Waals surface area contributed by atoms with Crippen molar-refractivity contribution in [3.63, 3.8) is 0 Å². The van der Waals surface area contributed by atoms with Gasteiger partial charge < -0.3 is 4.74 Å². The molecule has 11 heavy (non-hydrogen) atoms. The summed E-state index contributed by atoms with van der Waals surface area (Å²) in [5.41, 5.74) is 0. The highest BCUT2D eigenvalue weighted by Gasteiger charge is 1.93. The van der Waals surface area contributed by atoms with Crippen molar-refractivity contribution in [2.75, 3.05) is 13.4 Å². The van der Waals surface area contributed by atoms with E-state index in [1.807, 2.05) is 0 Å². The summed E-state index contributed by atoms with van der Waals surface area (Å²) in [6, 6.07) is 0. The molecule has 0 aliphatic rings. The second-order valence-corrected chi connectivity index (χ2v) is 1.48. The Balaban J connectivity index is 3.07. The van der Waals surface area contributed by atoms with Crippen molar-refractivity contribution in [2.45, 2.75) is 0 Å². The summed E-state index contributed by atoms with van der Waals surface area (Å²) >= 11 is 0. The van der Waals surface area contributed by atoms with Gasteiger partial charge in [0.2, 0.25) is 6.79 Å². The normalized spacial score (nSPS) is 8.73. The Kier molecular flexibility index (Phi) is 6.27. The van der Waals surface area contributed by atoms with Crippen molar-refractivity contribution in [1.82, 2.24) is 0 Å². The summed E-state index contributed by atoms with van der Waals surface area (Å²) in [7, 11) is 0. The third kappa shape index (κ3) is 6.76. The third-order valence-corrected chi connectivity index (χ3v) is 0.685. The Hall–Kier alpha value is -1.13. The van der Waals surface area contributed by atoms with Gasteiger partial charge in [-0.15, -0.1) is 6.58 Å². The van der Waals surface area contributed by atoms with Crippen LogP contribution in [0, 0.1) is 0 Å². The predicted octanol–water partition coefficient (Wildman–Crippen LogP) is 0.807. The van der Waals surface area contributed by atoms with Crippen LogP contribution in [0.3, 0.4) is 0 Å². The van der Waals surface area contributed by atoms with Crippen LogP contribution in [0.4, 0.5) is 0 Å². The van der Waals surface area contributed by atoms with Crippen LogP contribution in [0.1, 0.15) is 0 Å². The molecule has 0 saturated carbocycles. The minimum absolute atomic E-state index is 0.237. The van der Waals surface area contributed by atoms with E-state index in [0.717, 1.165) is 6.08 Å². The van der Waals surface area contributed by atoms with Gasteiger partial charge in [-0.05, 0) is 0 Å². The zero-order chi connectivity index (χ0) is 8.53. The van der Waals surface area contributed by atoms with Crippen molar-refractivity contribution >= 4 is 5.97 Å². The number of hydrogen-bond acceptors (Lipinski definition) is 4. The second-order valence-electron chi connectivity index (χ2n) is 1.48. The van der Waals surface area contributed by atoms with Crippen molar-refractivity contribution in [3.8, 4) is 0 Å². The van der Waals surface area contributed by atoms with Gasteiger partial charge in [-0.2, -0.15) is 4.89 Å². The van der Waals surface area contributed by atoms with Gasteiger partial charge in [0.15, 0.2) is 0 Å². The van der Waals surface area contributed by atoms with E-state index >= 15 is 0 Å². The van der Waals surface area contributed by atoms with Gasteiger partial charge in [-0.3, -0.25) is 0 Å². The zero-order valence-electron chi connectivity index (χ0n) is 6.12. The van der Waals surface area contributed by atoms with Crippen LogP contribution in [-0.4, -0.2) is 19.4 Å². The van der Waals surface area contributed by atoms with Gasteiger partial charge in [0.05, 0.1) is 0 Å². The smallest absolute Gasteiger partial charge is 0.332 e. The molecule has 0 heterocycles. The van der Waals surface area contributed by atoms with Crippen molar-refractivity contribution in [3.05, 3.63) is 25.3 Å². The molecule has 4 nitrogen and oxygen atoms in total. The van der Waals surface area contributed by atoms with Crippen molar-refractivity contribution < 1.29 is 19.3 Å². The molecule has 4 heteroatoms. The highest BCUT2D eigenvalue weighted by molar-refractivity contribution is 5.81. The molecule has 0 radical (unpaired) electrons. The average molecular weight is 158 g/mol. The highest BCUT2D eigenvalue weighted by Crippen LogP contribution is 1.83. The fourth-order valence-corrected chi connectivity index (χ4v) is 0.271. The first-order valence-corrected chi connectivity index (χ1v) is 2.95. The fraction of sp³-hybridized carbons (Fsp3) is 0.286. The summed E-state index contributed by atoms with van der Waals surface area (Å²) in [4.78, 5) is 19.2. The molecule has 0 atom stereocenters. The Morgan fingerprint density at radius 2 is 2.09 bits per heavy atom. The molecule has 0 aromatic carbocycles. The van der Waals surface area contributed by atoms with Crippen molar-refractivity contribution in [1.29, 1.82) is 0 Å². The minimum Gasteiger partial charge on any atom is -0.432 e. The number of carbonyl (C=O) groups is 1. The molecule has 0 aliphatic carbocycles. The SMILES string of the molecule is C=CCOOCOC(=O)C=C. The van der Waals surface area contributed by atoms with Crippen LogP contribution < -0.4 is 0 Å². The van der Waals surface area contributed by atoms with E-state index in [4.69, 9.17) is 0 Å². The molecule has 0 bridgehead atoms. The molecular formula is C7H10O4. The average Bonchev–Trinajstić information content (AvgIpc) is 2.04. The number of esters is 1. The Labute approximate surface area is 65.0 Å². The first-order valence-electron chi connectivity index (χ1n) is 2.95. The first kappa shape index (κ1) is 9.87. The standard InChI is InChI=1S/C7H10O4/c1-3-5-10-11-6-9-7(8)4-2/h3-4H,1-2,5-6H2. The van der Waals surface area contributed by atoms with E-state index in [2.05, 4.69) is 27.7 Å². The van der Waals surface area contributed by atoms with Crippen LogP contribution in [-0.2, 0) is 19.3 Å². The number of rotatable bonds is 6. The predicted molar refractivity (Wildman–Crippen MR) is 38.4 cm³/mol. The van der Waals surface area contributed by atoms with Crippen LogP contribution in [0.5, 0.6) is 0 Å². The summed E-state index contributed by atoms with van der Waals surface area (Å²) in [5, 5.41) is 0. The molecular weight excluding hydrogens is 148 g/mol. The van der Waals surface area contributed by atoms with Crippen LogP contribution >= 0.6 is 0 Å². The van der Waals surface area contributed by atoms with E-state index in [1.165, 1.54) is 6.08 Å². The minimum atomic E-state index is -0.549. The quantitative estimate of drug-likeness (QED) is 0.109. The van der Waals surface area contributed by atoms with Crippen molar-refractivity contribution in [2.24, 2.45) is 0 Å². The first-order chi connectivity index (χ1) is 5.31. The molecule has 0 N–H and O–H groups in total. The highest BCUT2D eigenvalue weighted by atomic mass is 17.2. The lowest BCUT2D eigenvalue weighted by Gasteiger charge is -2.00. The number of hydrogen-bond donors (Lipinski definition) is 0. The Morgan fingerprint density at radius 3 is 2.64 bits per heavy atom. The summed E-state index contributed by atoms with van der Waals surface area (Å²) < 4.78 is 4.40. The van der Waals surface area contributed by atoms with Crippen LogP contribution in [0.25, 0.3) is 0 Å². The number of ether oxygens (including phenoxy) is 1. The monoisotopic (exact) mass is 158 g/mol. The van der Waals surface area contributed by atoms with Gasteiger partial charge in [-0.25, -0.2) is 9.68 Å². The maximum Gasteiger partial charge on any atom is 0.332 e. The summed E-state index contributed by atoms with van der Waals surface area (Å²) in [6.45, 7) is 6.59. The molecule has 62 valence electrons. The van der Waals surface area contributed by atoms with Gasteiger partial charge in [0.25, 0.3) is 0 Å². The van der Waals surface area contributed by atoms with E-state index < -0.39 is 5.97 Å². The van der Waals surface area contributed by atoms with Gasteiger partial charge in [0.1, 0.15) is 6.61 Å². The fourth-order valence-electron chi connectivity index (χ4n) is 0.271. The zero-order valence-corrected chi connectivity index (χ0v) is 6.12. The third-order valence-electron chi connectivity index (χ3n) is 0.685. The Morgan fingerprint density at radius 1 is 1.36 bits per heavy atom. The van der Waals surface area contributed by atoms with E-state index in [-0.39, 0.29) is 13.4 Å². The van der Waals surface area contributed by atoms with Gasteiger partial charge >= 0.3 is 5.97 Å². The summed E-state index contributed by atoms with van der Waals surface area (Å²) in [6.07, 6.45) is 2.55. The number of carbonyl (C=O) groups excluding carboxylic acids is 1. The molecule has 0 aromatic heterocycles. The summed E-state index contributed by atoms with van der Waals surface area (Å²) in [5.74, 6) is -0.549. The van der Waals surface area contributed by atoms with Crippen LogP contribution in [0.2, 0.25) is 0 Å². The van der Waals surface area contributed by atoms with Gasteiger partial charge in [-0.1, -0.05) is 12.7 Å². The Bertz CT molecular complexity index is 141. The lowest BCUT2D eigenvalue weighted by atomic mass is 10.7. The van der Waals surface area contributed by atoms with E-state index in [1.54, 1.807) is 0 Å². The van der Waals surface area contributed by atoms with Gasteiger partial charge in [0, 0.05) is 6.08 Å².